The molecule has 4 rings (SSSR count). The molecular formula is C21H27N5O4S2. The minimum atomic E-state index is -3.75. The number of benzene rings is 1. The zero-order valence-corrected chi connectivity index (χ0v) is 19.9. The fourth-order valence-electron chi connectivity index (χ4n) is 3.66. The molecule has 1 fully saturated rings. The normalized spacial score (nSPS) is 17.7. The number of carbonyl (C=O) groups excluding carboxylic acids is 1. The number of nitrogens with zero attached hydrogens (tertiary/aromatic N) is 4. The Labute approximate surface area is 191 Å². The van der Waals surface area contributed by atoms with Crippen molar-refractivity contribution >= 4 is 42.6 Å². The van der Waals surface area contributed by atoms with E-state index < -0.39 is 15.9 Å². The summed E-state index contributed by atoms with van der Waals surface area (Å²) >= 11 is 1.37. The summed E-state index contributed by atoms with van der Waals surface area (Å²) in [7, 11) is -3.75. The van der Waals surface area contributed by atoms with E-state index in [0.29, 0.717) is 31.1 Å². The number of ether oxygens (including phenoxy) is 1. The number of fused-ring (bicyclic) bond motifs is 1. The van der Waals surface area contributed by atoms with Crippen LogP contribution >= 0.6 is 11.3 Å². The van der Waals surface area contributed by atoms with Crippen molar-refractivity contribution in [2.45, 2.75) is 44.7 Å². The molecule has 1 N–H and O–H groups in total. The van der Waals surface area contributed by atoms with Crippen molar-refractivity contribution < 1.29 is 17.9 Å². The molecule has 1 aliphatic rings. The molecule has 1 amide bonds. The smallest absolute Gasteiger partial charge is 0.262 e. The molecule has 1 aromatic carbocycles. The topological polar surface area (TPSA) is 106 Å². The van der Waals surface area contributed by atoms with Crippen molar-refractivity contribution in [3.05, 3.63) is 30.7 Å². The number of amides is 1. The summed E-state index contributed by atoms with van der Waals surface area (Å²) in [6.45, 7) is 6.92. The van der Waals surface area contributed by atoms with Crippen LogP contribution in [-0.4, -0.2) is 52.9 Å². The van der Waals surface area contributed by atoms with Gasteiger partial charge in [-0.3, -0.25) is 4.79 Å². The maximum Gasteiger partial charge on any atom is 0.262 e. The predicted molar refractivity (Wildman–Crippen MR) is 124 cm³/mol. The number of nitrogens with one attached hydrogen (secondary N) is 1. The summed E-state index contributed by atoms with van der Waals surface area (Å²) < 4.78 is 35.6. The second-order valence-electron chi connectivity index (χ2n) is 8.03. The van der Waals surface area contributed by atoms with Gasteiger partial charge < -0.3 is 14.6 Å². The quantitative estimate of drug-likeness (QED) is 0.558. The van der Waals surface area contributed by atoms with E-state index in [2.05, 4.69) is 15.3 Å². The maximum absolute atomic E-state index is 13.0. The number of hydrogen-bond donors (Lipinski definition) is 1. The van der Waals surface area contributed by atoms with Crippen molar-refractivity contribution in [3.63, 3.8) is 0 Å². The molecule has 3 aromatic rings. The van der Waals surface area contributed by atoms with E-state index in [1.54, 1.807) is 10.8 Å². The first-order valence-corrected chi connectivity index (χ1v) is 12.9. The number of anilines is 1. The fourth-order valence-corrected chi connectivity index (χ4v) is 6.01. The first kappa shape index (κ1) is 22.7. The number of piperidine rings is 1. The van der Waals surface area contributed by atoms with Gasteiger partial charge in [0.05, 0.1) is 29.1 Å². The van der Waals surface area contributed by atoms with E-state index in [4.69, 9.17) is 4.74 Å². The lowest BCUT2D eigenvalue weighted by molar-refractivity contribution is -0.120. The van der Waals surface area contributed by atoms with E-state index >= 15 is 0 Å². The first-order chi connectivity index (χ1) is 15.3. The van der Waals surface area contributed by atoms with Crippen LogP contribution in [0, 0.1) is 5.92 Å². The fraction of sp³-hybridized carbons (Fsp3) is 0.476. The highest BCUT2D eigenvalue weighted by atomic mass is 32.2. The lowest BCUT2D eigenvalue weighted by atomic mass is 9.99. The van der Waals surface area contributed by atoms with Crippen LogP contribution in [0.4, 0.5) is 5.13 Å². The number of aromatic nitrogens is 3. The molecule has 0 spiro atoms. The number of thiazole rings is 1. The summed E-state index contributed by atoms with van der Waals surface area (Å²) in [4.78, 5) is 21.5. The van der Waals surface area contributed by atoms with Gasteiger partial charge in [0, 0.05) is 25.3 Å². The van der Waals surface area contributed by atoms with E-state index in [-0.39, 0.29) is 23.5 Å². The highest BCUT2D eigenvalue weighted by Crippen LogP contribution is 2.30. The highest BCUT2D eigenvalue weighted by molar-refractivity contribution is 7.89. The predicted octanol–water partition coefficient (Wildman–Crippen LogP) is 3.51. The molecule has 3 heterocycles. The van der Waals surface area contributed by atoms with Crippen LogP contribution < -0.4 is 10.1 Å². The van der Waals surface area contributed by atoms with Crippen molar-refractivity contribution in [1.29, 1.82) is 0 Å². The van der Waals surface area contributed by atoms with Gasteiger partial charge >= 0.3 is 0 Å². The third-order valence-corrected chi connectivity index (χ3v) is 8.12. The van der Waals surface area contributed by atoms with E-state index in [9.17, 15) is 13.2 Å². The van der Waals surface area contributed by atoms with Gasteiger partial charge in [0.15, 0.2) is 10.2 Å². The van der Waals surface area contributed by atoms with Crippen LogP contribution in [0.2, 0.25) is 0 Å². The van der Waals surface area contributed by atoms with Crippen molar-refractivity contribution in [2.75, 3.05) is 25.0 Å². The maximum atomic E-state index is 13.0. The first-order valence-electron chi connectivity index (χ1n) is 10.7. The van der Waals surface area contributed by atoms with Gasteiger partial charge in [-0.15, -0.1) is 0 Å². The van der Waals surface area contributed by atoms with Crippen molar-refractivity contribution in [2.24, 2.45) is 5.92 Å². The van der Waals surface area contributed by atoms with Crippen molar-refractivity contribution in [1.82, 2.24) is 18.8 Å². The van der Waals surface area contributed by atoms with Gasteiger partial charge in [-0.2, -0.15) is 4.31 Å². The Morgan fingerprint density at radius 1 is 1.38 bits per heavy atom. The number of sulfonamides is 1. The molecule has 172 valence electrons. The monoisotopic (exact) mass is 477 g/mol. The Bertz CT molecular complexity index is 1220. The van der Waals surface area contributed by atoms with Gasteiger partial charge in [0.25, 0.3) is 10.0 Å². The summed E-state index contributed by atoms with van der Waals surface area (Å²) in [6, 6.07) is 5.72. The van der Waals surface area contributed by atoms with Gasteiger partial charge in [-0.25, -0.2) is 18.4 Å². The summed E-state index contributed by atoms with van der Waals surface area (Å²) in [6.07, 6.45) is 4.30. The van der Waals surface area contributed by atoms with Crippen LogP contribution in [0.25, 0.3) is 10.2 Å². The van der Waals surface area contributed by atoms with Crippen LogP contribution in [0.1, 0.15) is 39.7 Å². The lowest BCUT2D eigenvalue weighted by Crippen LogP contribution is -2.43. The molecule has 1 aliphatic heterocycles. The van der Waals surface area contributed by atoms with E-state index in [1.165, 1.54) is 22.0 Å². The van der Waals surface area contributed by atoms with Crippen LogP contribution in [0.3, 0.4) is 0 Å². The second kappa shape index (κ2) is 9.16. The third-order valence-electron chi connectivity index (χ3n) is 5.43. The minimum Gasteiger partial charge on any atom is -0.494 e. The summed E-state index contributed by atoms with van der Waals surface area (Å²) in [5.41, 5.74) is 0.780. The average Bonchev–Trinajstić information content (AvgIpc) is 3.41. The van der Waals surface area contributed by atoms with E-state index in [1.807, 2.05) is 39.0 Å². The molecule has 0 radical (unpaired) electrons. The third kappa shape index (κ3) is 4.64. The number of hydrogen-bond acceptors (Lipinski definition) is 7. The zero-order valence-electron chi connectivity index (χ0n) is 18.3. The molecule has 32 heavy (non-hydrogen) atoms. The summed E-state index contributed by atoms with van der Waals surface area (Å²) in [5, 5.41) is 3.38. The Morgan fingerprint density at radius 3 is 2.91 bits per heavy atom. The lowest BCUT2D eigenvalue weighted by Gasteiger charge is -2.30. The van der Waals surface area contributed by atoms with Crippen molar-refractivity contribution in [3.8, 4) is 5.75 Å². The molecule has 0 bridgehead atoms. The average molecular weight is 478 g/mol. The molecular weight excluding hydrogens is 450 g/mol. The zero-order chi connectivity index (χ0) is 22.9. The standard InChI is InChI=1S/C21H27N5O4S2/c1-4-30-16-7-8-17-18(10-16)31-21(23-17)24-20(27)15-6-5-9-26(11-15)32(28,29)19-12-25(13-22-19)14(2)3/h7-8,10,12-15H,4-6,9,11H2,1-3H3,(H,23,24,27)/t15-/m0/s1. The van der Waals surface area contributed by atoms with Gasteiger partial charge in [0.2, 0.25) is 5.91 Å². The molecule has 11 heteroatoms. The highest BCUT2D eigenvalue weighted by Gasteiger charge is 2.34. The van der Waals surface area contributed by atoms with E-state index in [0.717, 1.165) is 16.0 Å². The molecule has 0 aliphatic carbocycles. The van der Waals surface area contributed by atoms with Crippen LogP contribution in [0.5, 0.6) is 5.75 Å². The molecule has 1 atom stereocenters. The number of rotatable bonds is 7. The Hall–Kier alpha value is -2.50. The largest absolute Gasteiger partial charge is 0.494 e. The molecule has 0 unspecified atom stereocenters. The second-order valence-corrected chi connectivity index (χ2v) is 10.9. The number of imidazole rings is 1. The molecule has 9 nitrogen and oxygen atoms in total. The minimum absolute atomic E-state index is 0.0172. The Kier molecular flexibility index (Phi) is 6.50. The SMILES string of the molecule is CCOc1ccc2nc(NC(=O)[C@H]3CCCN(S(=O)(=O)c4cn(C(C)C)cn4)C3)sc2c1. The number of carbonyl (C=O) groups is 1. The van der Waals surface area contributed by atoms with Crippen LogP contribution in [0.15, 0.2) is 35.7 Å². The van der Waals surface area contributed by atoms with Gasteiger partial charge in [-0.05, 0) is 51.8 Å². The molecule has 0 saturated carbocycles. The molecule has 1 saturated heterocycles. The van der Waals surface area contributed by atoms with Crippen LogP contribution in [-0.2, 0) is 14.8 Å². The Balaban J connectivity index is 1.45. The Morgan fingerprint density at radius 2 is 2.19 bits per heavy atom. The van der Waals surface area contributed by atoms with Gasteiger partial charge in [-0.1, -0.05) is 11.3 Å². The van der Waals surface area contributed by atoms with Gasteiger partial charge in [0.1, 0.15) is 5.75 Å². The summed E-state index contributed by atoms with van der Waals surface area (Å²) in [5.74, 6) is 0.0907. The molecule has 2 aromatic heterocycles.